The lowest BCUT2D eigenvalue weighted by Gasteiger charge is -2.22. The number of aliphatic imine (C=N–C) groups is 1. The van der Waals surface area contributed by atoms with Gasteiger partial charge in [-0.15, -0.1) is 24.0 Å². The Bertz CT molecular complexity index is 415. The van der Waals surface area contributed by atoms with Crippen LogP contribution in [0.25, 0.3) is 0 Å². The average Bonchev–Trinajstić information content (AvgIpc) is 3.08. The van der Waals surface area contributed by atoms with Crippen molar-refractivity contribution in [3.63, 3.8) is 0 Å². The summed E-state index contributed by atoms with van der Waals surface area (Å²) in [7, 11) is 1.71. The molecule has 0 saturated carbocycles. The molecule has 25 heavy (non-hydrogen) atoms. The number of likely N-dealkylation sites (tertiary alicyclic amines) is 1. The number of halogens is 1. The third-order valence-corrected chi connectivity index (χ3v) is 4.79. The maximum Gasteiger partial charge on any atom is 0.193 e. The Hall–Kier alpha value is -0.340. The van der Waals surface area contributed by atoms with E-state index < -0.39 is 0 Å². The molecule has 0 aromatic carbocycles. The Morgan fingerprint density at radius 1 is 1.36 bits per heavy atom. The molecule has 1 saturated heterocycles. The van der Waals surface area contributed by atoms with Gasteiger partial charge in [0.2, 0.25) is 0 Å². The van der Waals surface area contributed by atoms with Crippen LogP contribution < -0.4 is 5.32 Å². The predicted octanol–water partition coefficient (Wildman–Crippen LogP) is 3.45. The average molecular weight is 465 g/mol. The van der Waals surface area contributed by atoms with Gasteiger partial charge < -0.3 is 19.7 Å². The first-order chi connectivity index (χ1) is 11.8. The molecule has 0 bridgehead atoms. The lowest BCUT2D eigenvalue weighted by atomic mass is 9.97. The molecule has 1 fully saturated rings. The highest BCUT2D eigenvalue weighted by Crippen LogP contribution is 2.20. The molecular weight excluding hydrogens is 429 g/mol. The molecule has 1 heterocycles. The summed E-state index contributed by atoms with van der Waals surface area (Å²) in [6.45, 7) is 8.28. The highest BCUT2D eigenvalue weighted by atomic mass is 127. The van der Waals surface area contributed by atoms with Crippen molar-refractivity contribution in [2.24, 2.45) is 10.9 Å². The van der Waals surface area contributed by atoms with E-state index >= 15 is 0 Å². The molecule has 0 aromatic heterocycles. The summed E-state index contributed by atoms with van der Waals surface area (Å²) in [5.74, 6) is 1.68. The van der Waals surface area contributed by atoms with Crippen LogP contribution in [0.2, 0.25) is 0 Å². The van der Waals surface area contributed by atoms with Crippen molar-refractivity contribution in [1.29, 1.82) is 0 Å². The van der Waals surface area contributed by atoms with E-state index in [1.54, 1.807) is 12.7 Å². The van der Waals surface area contributed by atoms with Gasteiger partial charge in [-0.25, -0.2) is 0 Å². The minimum atomic E-state index is 0. The second-order valence-corrected chi connectivity index (χ2v) is 6.76. The molecule has 0 amide bonds. The first-order valence-corrected chi connectivity index (χ1v) is 9.61. The summed E-state index contributed by atoms with van der Waals surface area (Å²) in [5.41, 5.74) is 1.60. The normalized spacial score (nSPS) is 21.0. The molecule has 1 aliphatic carbocycles. The van der Waals surface area contributed by atoms with Crippen LogP contribution in [-0.4, -0.2) is 64.0 Å². The molecule has 1 N–H and O–H groups in total. The Kier molecular flexibility index (Phi) is 12.5. The molecule has 1 aliphatic heterocycles. The van der Waals surface area contributed by atoms with Crippen molar-refractivity contribution in [2.75, 3.05) is 53.1 Å². The molecule has 0 radical (unpaired) electrons. The Morgan fingerprint density at radius 3 is 2.96 bits per heavy atom. The largest absolute Gasteiger partial charge is 0.382 e. The molecule has 1 atom stereocenters. The number of allylic oxidation sites excluding steroid dienone is 1. The first-order valence-electron chi connectivity index (χ1n) is 9.61. The van der Waals surface area contributed by atoms with Crippen LogP contribution >= 0.6 is 24.0 Å². The summed E-state index contributed by atoms with van der Waals surface area (Å²) in [5, 5.41) is 3.45. The predicted molar refractivity (Wildman–Crippen MR) is 115 cm³/mol. The fourth-order valence-electron chi connectivity index (χ4n) is 3.42. The SMILES string of the molecule is CCNC(=NCCC1=CCCCC1)N1CCC(COCCOC)C1.I. The minimum absolute atomic E-state index is 0. The zero-order chi connectivity index (χ0) is 17.0. The summed E-state index contributed by atoms with van der Waals surface area (Å²) < 4.78 is 10.7. The van der Waals surface area contributed by atoms with E-state index in [4.69, 9.17) is 14.5 Å². The van der Waals surface area contributed by atoms with Crippen LogP contribution in [0.15, 0.2) is 16.6 Å². The van der Waals surface area contributed by atoms with E-state index in [-0.39, 0.29) is 24.0 Å². The van der Waals surface area contributed by atoms with Crippen molar-refractivity contribution < 1.29 is 9.47 Å². The van der Waals surface area contributed by atoms with Crippen molar-refractivity contribution >= 4 is 29.9 Å². The second-order valence-electron chi connectivity index (χ2n) is 6.76. The quantitative estimate of drug-likeness (QED) is 0.186. The van der Waals surface area contributed by atoms with Gasteiger partial charge in [-0.05, 0) is 45.4 Å². The fraction of sp³-hybridized carbons (Fsp3) is 0.842. The number of hydrogen-bond acceptors (Lipinski definition) is 3. The zero-order valence-corrected chi connectivity index (χ0v) is 18.3. The van der Waals surface area contributed by atoms with E-state index in [1.807, 2.05) is 0 Å². The van der Waals surface area contributed by atoms with Gasteiger partial charge in [-0.2, -0.15) is 0 Å². The number of rotatable bonds is 9. The maximum absolute atomic E-state index is 5.69. The van der Waals surface area contributed by atoms with Crippen LogP contribution in [0.5, 0.6) is 0 Å². The number of methoxy groups -OCH3 is 1. The second kappa shape index (κ2) is 13.8. The monoisotopic (exact) mass is 465 g/mol. The number of nitrogens with one attached hydrogen (secondary N) is 1. The fourth-order valence-corrected chi connectivity index (χ4v) is 3.42. The minimum Gasteiger partial charge on any atom is -0.382 e. The number of guanidine groups is 1. The molecule has 5 nitrogen and oxygen atoms in total. The highest BCUT2D eigenvalue weighted by Gasteiger charge is 2.24. The van der Waals surface area contributed by atoms with Crippen LogP contribution in [0.4, 0.5) is 0 Å². The molecule has 1 unspecified atom stereocenters. The van der Waals surface area contributed by atoms with Crippen LogP contribution in [0, 0.1) is 5.92 Å². The van der Waals surface area contributed by atoms with E-state index in [2.05, 4.69) is 23.2 Å². The topological polar surface area (TPSA) is 46.1 Å². The summed E-state index contributed by atoms with van der Waals surface area (Å²) >= 11 is 0. The molecule has 146 valence electrons. The molecule has 2 rings (SSSR count). The van der Waals surface area contributed by atoms with Crippen molar-refractivity contribution in [2.45, 2.75) is 45.4 Å². The third-order valence-electron chi connectivity index (χ3n) is 4.79. The zero-order valence-electron chi connectivity index (χ0n) is 16.0. The molecule has 2 aliphatic rings. The third kappa shape index (κ3) is 8.73. The van der Waals surface area contributed by atoms with Crippen molar-refractivity contribution in [3.8, 4) is 0 Å². The van der Waals surface area contributed by atoms with Gasteiger partial charge in [0, 0.05) is 39.2 Å². The van der Waals surface area contributed by atoms with E-state index in [1.165, 1.54) is 32.1 Å². The summed E-state index contributed by atoms with van der Waals surface area (Å²) in [6, 6.07) is 0. The molecule has 6 heteroatoms. The lowest BCUT2D eigenvalue weighted by Crippen LogP contribution is -2.40. The molecule has 0 spiro atoms. The van der Waals surface area contributed by atoms with Gasteiger partial charge in [-0.3, -0.25) is 4.99 Å². The van der Waals surface area contributed by atoms with Gasteiger partial charge in [-0.1, -0.05) is 11.6 Å². The van der Waals surface area contributed by atoms with E-state index in [0.717, 1.165) is 45.2 Å². The van der Waals surface area contributed by atoms with Gasteiger partial charge in [0.1, 0.15) is 0 Å². The van der Waals surface area contributed by atoms with Gasteiger partial charge in [0.05, 0.1) is 19.8 Å². The highest BCUT2D eigenvalue weighted by molar-refractivity contribution is 14.0. The Labute approximate surface area is 170 Å². The van der Waals surface area contributed by atoms with Crippen LogP contribution in [-0.2, 0) is 9.47 Å². The van der Waals surface area contributed by atoms with Gasteiger partial charge >= 0.3 is 0 Å². The van der Waals surface area contributed by atoms with Gasteiger partial charge in [0.15, 0.2) is 5.96 Å². The maximum atomic E-state index is 5.69. The van der Waals surface area contributed by atoms with Crippen molar-refractivity contribution in [3.05, 3.63) is 11.6 Å². The lowest BCUT2D eigenvalue weighted by molar-refractivity contribution is 0.0536. The number of nitrogens with zero attached hydrogens (tertiary/aromatic N) is 2. The van der Waals surface area contributed by atoms with Crippen LogP contribution in [0.1, 0.15) is 45.4 Å². The standard InChI is InChI=1S/C19H35N3O2.HI/c1-3-20-19(21-11-9-17-7-5-4-6-8-17)22-12-10-18(15-22)16-24-14-13-23-2;/h7,18H,3-6,8-16H2,1-2H3,(H,20,21);1H. The summed E-state index contributed by atoms with van der Waals surface area (Å²) in [4.78, 5) is 7.26. The van der Waals surface area contributed by atoms with E-state index in [9.17, 15) is 0 Å². The molecular formula is C19H36IN3O2. The van der Waals surface area contributed by atoms with Crippen molar-refractivity contribution in [1.82, 2.24) is 10.2 Å². The number of ether oxygens (including phenoxy) is 2. The number of hydrogen-bond donors (Lipinski definition) is 1. The Balaban J connectivity index is 0.00000312. The Morgan fingerprint density at radius 2 is 2.24 bits per heavy atom. The first kappa shape index (κ1) is 22.7. The van der Waals surface area contributed by atoms with Gasteiger partial charge in [0.25, 0.3) is 0 Å². The summed E-state index contributed by atoms with van der Waals surface area (Å²) in [6.07, 6.45) is 9.97. The smallest absolute Gasteiger partial charge is 0.193 e. The van der Waals surface area contributed by atoms with Crippen LogP contribution in [0.3, 0.4) is 0 Å². The van der Waals surface area contributed by atoms with E-state index in [0.29, 0.717) is 19.1 Å². The molecule has 0 aromatic rings.